The number of carbonyl (C=O) groups excluding carboxylic acids is 1. The molecule has 0 fully saturated rings. The maximum atomic E-state index is 10.5. The number of thioether (sulfide) groups is 1. The number of nitrogens with two attached hydrogens (primary N) is 1. The van der Waals surface area contributed by atoms with Crippen LogP contribution in [0.25, 0.3) is 0 Å². The van der Waals surface area contributed by atoms with E-state index in [0.717, 1.165) is 0 Å². The number of aliphatic hydroxyl groups excluding tert-OH is 1. The molecule has 60 valence electrons. The minimum atomic E-state index is -0.328. The minimum Gasteiger partial charge on any atom is -0.395 e. The Labute approximate surface area is 65.0 Å². The Kier molecular flexibility index (Phi) is 4.47. The van der Waals surface area contributed by atoms with Crippen LogP contribution in [0.5, 0.6) is 0 Å². The molecule has 0 spiro atoms. The van der Waals surface area contributed by atoms with Crippen LogP contribution in [0.3, 0.4) is 0 Å². The van der Waals surface area contributed by atoms with E-state index in [4.69, 9.17) is 10.8 Å². The number of hydrogen-bond donors (Lipinski definition) is 2. The highest BCUT2D eigenvalue weighted by Crippen LogP contribution is 2.15. The summed E-state index contributed by atoms with van der Waals surface area (Å²) in [6.45, 7) is 3.67. The molecule has 3 nitrogen and oxygen atoms in total. The molecule has 0 rings (SSSR count). The fourth-order valence-corrected chi connectivity index (χ4v) is 1.38. The van der Waals surface area contributed by atoms with Gasteiger partial charge in [-0.3, -0.25) is 4.79 Å². The SMILES string of the molecule is CC(CO)SC(C)C(N)=O. The van der Waals surface area contributed by atoms with Crippen molar-refractivity contribution in [2.45, 2.75) is 24.3 Å². The average molecular weight is 163 g/mol. The lowest BCUT2D eigenvalue weighted by atomic mass is 10.5. The van der Waals surface area contributed by atoms with Crippen LogP contribution < -0.4 is 5.73 Å². The summed E-state index contributed by atoms with van der Waals surface area (Å²) in [6, 6.07) is 0. The lowest BCUT2D eigenvalue weighted by molar-refractivity contribution is -0.117. The van der Waals surface area contributed by atoms with E-state index < -0.39 is 0 Å². The fraction of sp³-hybridized carbons (Fsp3) is 0.833. The van der Waals surface area contributed by atoms with Gasteiger partial charge in [-0.05, 0) is 6.92 Å². The molecule has 0 saturated heterocycles. The second-order valence-electron chi connectivity index (χ2n) is 2.17. The van der Waals surface area contributed by atoms with Crippen molar-refractivity contribution in [3.05, 3.63) is 0 Å². The third-order valence-electron chi connectivity index (χ3n) is 1.09. The summed E-state index contributed by atoms with van der Waals surface area (Å²) < 4.78 is 0. The molecule has 10 heavy (non-hydrogen) atoms. The van der Waals surface area contributed by atoms with Gasteiger partial charge in [0, 0.05) is 5.25 Å². The van der Waals surface area contributed by atoms with Gasteiger partial charge in [0.25, 0.3) is 0 Å². The van der Waals surface area contributed by atoms with Crippen molar-refractivity contribution in [1.82, 2.24) is 0 Å². The highest BCUT2D eigenvalue weighted by molar-refractivity contribution is 8.01. The van der Waals surface area contributed by atoms with Crippen molar-refractivity contribution in [2.75, 3.05) is 6.61 Å². The Hall–Kier alpha value is -0.220. The van der Waals surface area contributed by atoms with Gasteiger partial charge >= 0.3 is 0 Å². The maximum Gasteiger partial charge on any atom is 0.230 e. The van der Waals surface area contributed by atoms with Crippen molar-refractivity contribution >= 4 is 17.7 Å². The van der Waals surface area contributed by atoms with Gasteiger partial charge < -0.3 is 10.8 Å². The van der Waals surface area contributed by atoms with Gasteiger partial charge in [-0.25, -0.2) is 0 Å². The third kappa shape index (κ3) is 3.74. The molecule has 0 saturated carbocycles. The van der Waals surface area contributed by atoms with Crippen LogP contribution in [-0.2, 0) is 4.79 Å². The third-order valence-corrected chi connectivity index (χ3v) is 2.35. The molecule has 0 aliphatic heterocycles. The van der Waals surface area contributed by atoms with Crippen LogP contribution in [0.15, 0.2) is 0 Å². The van der Waals surface area contributed by atoms with Crippen LogP contribution in [0.1, 0.15) is 13.8 Å². The zero-order valence-electron chi connectivity index (χ0n) is 6.20. The zero-order valence-corrected chi connectivity index (χ0v) is 7.02. The lowest BCUT2D eigenvalue weighted by Gasteiger charge is -2.10. The van der Waals surface area contributed by atoms with Gasteiger partial charge in [-0.15, -0.1) is 11.8 Å². The van der Waals surface area contributed by atoms with Crippen molar-refractivity contribution in [1.29, 1.82) is 0 Å². The quantitative estimate of drug-likeness (QED) is 0.612. The number of carbonyl (C=O) groups is 1. The van der Waals surface area contributed by atoms with Crippen LogP contribution in [0.4, 0.5) is 0 Å². The standard InChI is InChI=1S/C6H13NO2S/c1-4(3-8)10-5(2)6(7)9/h4-5,8H,3H2,1-2H3,(H2,7,9). The summed E-state index contributed by atoms with van der Waals surface area (Å²) in [5.74, 6) is -0.328. The first-order valence-corrected chi connectivity index (χ1v) is 4.07. The predicted molar refractivity (Wildman–Crippen MR) is 42.8 cm³/mol. The van der Waals surface area contributed by atoms with Crippen LogP contribution in [0.2, 0.25) is 0 Å². The zero-order chi connectivity index (χ0) is 8.15. The van der Waals surface area contributed by atoms with E-state index in [0.29, 0.717) is 0 Å². The van der Waals surface area contributed by atoms with E-state index in [1.54, 1.807) is 6.92 Å². The van der Waals surface area contributed by atoms with E-state index in [2.05, 4.69) is 0 Å². The number of amides is 1. The number of primary amides is 1. The summed E-state index contributed by atoms with van der Waals surface area (Å²) in [7, 11) is 0. The number of rotatable bonds is 4. The van der Waals surface area contributed by atoms with Crippen molar-refractivity contribution in [2.24, 2.45) is 5.73 Å². The Bertz CT molecular complexity index is 118. The molecule has 3 N–H and O–H groups in total. The highest BCUT2D eigenvalue weighted by Gasteiger charge is 2.12. The summed E-state index contributed by atoms with van der Waals surface area (Å²) in [5.41, 5.74) is 5.00. The van der Waals surface area contributed by atoms with Gasteiger partial charge in [0.05, 0.1) is 11.9 Å². The van der Waals surface area contributed by atoms with Gasteiger partial charge in [0.1, 0.15) is 0 Å². The molecule has 4 heteroatoms. The van der Waals surface area contributed by atoms with Crippen molar-refractivity contribution in [3.63, 3.8) is 0 Å². The second kappa shape index (κ2) is 4.57. The van der Waals surface area contributed by atoms with Crippen LogP contribution in [0, 0.1) is 0 Å². The van der Waals surface area contributed by atoms with Crippen molar-refractivity contribution < 1.29 is 9.90 Å². The summed E-state index contributed by atoms with van der Waals surface area (Å²) in [6.07, 6.45) is 0. The van der Waals surface area contributed by atoms with E-state index in [1.165, 1.54) is 11.8 Å². The van der Waals surface area contributed by atoms with Gasteiger partial charge in [-0.2, -0.15) is 0 Å². The monoisotopic (exact) mass is 163 g/mol. The van der Waals surface area contributed by atoms with E-state index >= 15 is 0 Å². The predicted octanol–water partition coefficient (Wildman–Crippen LogP) is -0.0258. The summed E-state index contributed by atoms with van der Waals surface area (Å²) in [4.78, 5) is 10.5. The van der Waals surface area contributed by atoms with Crippen LogP contribution in [-0.4, -0.2) is 28.1 Å². The largest absolute Gasteiger partial charge is 0.395 e. The fourth-order valence-electron chi connectivity index (χ4n) is 0.459. The Morgan fingerprint density at radius 2 is 2.20 bits per heavy atom. The minimum absolute atomic E-state index is 0.0856. The molecule has 0 aromatic carbocycles. The first-order chi connectivity index (χ1) is 4.57. The van der Waals surface area contributed by atoms with E-state index in [-0.39, 0.29) is 23.0 Å². The molecule has 0 heterocycles. The molecule has 2 atom stereocenters. The molecule has 2 unspecified atom stereocenters. The molecule has 0 aromatic heterocycles. The topological polar surface area (TPSA) is 63.3 Å². The maximum absolute atomic E-state index is 10.5. The van der Waals surface area contributed by atoms with Gasteiger partial charge in [-0.1, -0.05) is 6.92 Å². The van der Waals surface area contributed by atoms with Gasteiger partial charge in [0.15, 0.2) is 0 Å². The van der Waals surface area contributed by atoms with Gasteiger partial charge in [0.2, 0.25) is 5.91 Å². The second-order valence-corrected chi connectivity index (χ2v) is 3.96. The average Bonchev–Trinajstić information content (AvgIpc) is 1.87. The van der Waals surface area contributed by atoms with Crippen LogP contribution >= 0.6 is 11.8 Å². The Morgan fingerprint density at radius 1 is 1.70 bits per heavy atom. The molecule has 0 aromatic rings. The first-order valence-electron chi connectivity index (χ1n) is 3.13. The lowest BCUT2D eigenvalue weighted by Crippen LogP contribution is -2.25. The number of aliphatic hydroxyl groups is 1. The molecule has 0 aliphatic rings. The highest BCUT2D eigenvalue weighted by atomic mass is 32.2. The molecule has 0 radical (unpaired) electrons. The normalized spacial score (nSPS) is 16.3. The molecular weight excluding hydrogens is 150 g/mol. The summed E-state index contributed by atoms with van der Waals surface area (Å²) in [5, 5.41) is 8.47. The van der Waals surface area contributed by atoms with E-state index in [9.17, 15) is 4.79 Å². The smallest absolute Gasteiger partial charge is 0.230 e. The Morgan fingerprint density at radius 3 is 2.50 bits per heavy atom. The van der Waals surface area contributed by atoms with Crippen molar-refractivity contribution in [3.8, 4) is 0 Å². The number of hydrogen-bond acceptors (Lipinski definition) is 3. The molecular formula is C6H13NO2S. The molecule has 0 bridgehead atoms. The summed E-state index contributed by atoms with van der Waals surface area (Å²) >= 11 is 1.38. The Balaban J connectivity index is 3.56. The van der Waals surface area contributed by atoms with E-state index in [1.807, 2.05) is 6.92 Å². The first kappa shape index (κ1) is 9.78. The molecule has 0 aliphatic carbocycles. The molecule has 1 amide bonds.